The van der Waals surface area contributed by atoms with Crippen molar-refractivity contribution < 1.29 is 5.11 Å². The Labute approximate surface area is 184 Å². The summed E-state index contributed by atoms with van der Waals surface area (Å²) >= 11 is 0. The first-order chi connectivity index (χ1) is 15.2. The fourth-order valence-electron chi connectivity index (χ4n) is 4.17. The van der Waals surface area contributed by atoms with Gasteiger partial charge in [0.1, 0.15) is 5.75 Å². The van der Waals surface area contributed by atoms with Crippen LogP contribution in [0.2, 0.25) is 0 Å². The van der Waals surface area contributed by atoms with E-state index in [2.05, 4.69) is 43.0 Å². The zero-order chi connectivity index (χ0) is 21.6. The van der Waals surface area contributed by atoms with Crippen LogP contribution in [0.25, 0.3) is 22.6 Å². The number of phenolic OH excluding ortho intramolecular Hbond substituents is 1. The highest BCUT2D eigenvalue weighted by Crippen LogP contribution is 2.34. The van der Waals surface area contributed by atoms with Crippen LogP contribution in [0.4, 0.5) is 0 Å². The predicted octanol–water partition coefficient (Wildman–Crippen LogP) is 6.14. The second kappa shape index (κ2) is 9.71. The summed E-state index contributed by atoms with van der Waals surface area (Å²) in [6, 6.07) is 26.1. The van der Waals surface area contributed by atoms with Gasteiger partial charge in [0.25, 0.3) is 0 Å². The molecule has 4 rings (SSSR count). The van der Waals surface area contributed by atoms with Crippen LogP contribution in [-0.2, 0) is 13.1 Å². The maximum atomic E-state index is 9.69. The maximum absolute atomic E-state index is 9.69. The van der Waals surface area contributed by atoms with Crippen LogP contribution in [0.15, 0.2) is 78.9 Å². The number of rotatable bonds is 5. The number of nitrogens with zero attached hydrogens (tertiary/aromatic N) is 3. The van der Waals surface area contributed by atoms with E-state index in [1.165, 1.54) is 5.56 Å². The molecule has 1 aromatic heterocycles. The molecule has 0 aliphatic carbocycles. The highest BCUT2D eigenvalue weighted by atomic mass is 16.3. The van der Waals surface area contributed by atoms with E-state index in [1.54, 1.807) is 12.1 Å². The summed E-state index contributed by atoms with van der Waals surface area (Å²) in [6.45, 7) is 6.22. The Morgan fingerprint density at radius 3 is 2.00 bits per heavy atom. The van der Waals surface area contributed by atoms with Gasteiger partial charge in [-0.3, -0.25) is 4.90 Å². The van der Waals surface area contributed by atoms with Crippen molar-refractivity contribution in [3.63, 3.8) is 0 Å². The van der Waals surface area contributed by atoms with Crippen LogP contribution >= 0.6 is 0 Å². The number of fused-ring (bicyclic) bond motifs is 1. The van der Waals surface area contributed by atoms with E-state index in [-0.39, 0.29) is 5.75 Å². The van der Waals surface area contributed by atoms with Gasteiger partial charge in [-0.1, -0.05) is 68.4 Å². The van der Waals surface area contributed by atoms with Crippen molar-refractivity contribution in [3.8, 4) is 28.4 Å². The molecule has 31 heavy (non-hydrogen) atoms. The molecule has 0 saturated carbocycles. The van der Waals surface area contributed by atoms with Crippen molar-refractivity contribution in [3.05, 3.63) is 90.1 Å². The molecule has 2 heterocycles. The molecule has 4 nitrogen and oxygen atoms in total. The zero-order valence-electron chi connectivity index (χ0n) is 18.2. The molecule has 2 aromatic carbocycles. The van der Waals surface area contributed by atoms with Crippen molar-refractivity contribution >= 4 is 0 Å². The minimum Gasteiger partial charge on any atom is -0.508 e. The fraction of sp³-hybridized carbons (Fsp3) is 0.259. The lowest BCUT2D eigenvalue weighted by molar-refractivity contribution is 0.187. The molecule has 0 amide bonds. The van der Waals surface area contributed by atoms with E-state index < -0.39 is 0 Å². The van der Waals surface area contributed by atoms with Gasteiger partial charge in [-0.2, -0.15) is 0 Å². The van der Waals surface area contributed by atoms with E-state index >= 15 is 0 Å². The lowest BCUT2D eigenvalue weighted by Gasteiger charge is -2.24. The largest absolute Gasteiger partial charge is 0.508 e. The number of hydrogen-bond donors (Lipinski definition) is 1. The normalized spacial score (nSPS) is 13.1. The summed E-state index contributed by atoms with van der Waals surface area (Å²) in [7, 11) is 0. The van der Waals surface area contributed by atoms with Gasteiger partial charge in [0.15, 0.2) is 5.82 Å². The van der Waals surface area contributed by atoms with Gasteiger partial charge in [-0.15, -0.1) is 0 Å². The van der Waals surface area contributed by atoms with Crippen LogP contribution in [0.5, 0.6) is 5.75 Å². The Bertz CT molecular complexity index is 1060. The van der Waals surface area contributed by atoms with Gasteiger partial charge >= 0.3 is 0 Å². The van der Waals surface area contributed by atoms with E-state index in [9.17, 15) is 5.11 Å². The summed E-state index contributed by atoms with van der Waals surface area (Å²) in [6.07, 6.45) is 2.25. The van der Waals surface area contributed by atoms with Crippen LogP contribution in [-0.4, -0.2) is 26.0 Å². The summed E-state index contributed by atoms with van der Waals surface area (Å²) in [5.74, 6) is 0.943. The first-order valence-electron chi connectivity index (χ1n) is 11.0. The molecule has 0 spiro atoms. The van der Waals surface area contributed by atoms with Crippen LogP contribution in [0.1, 0.15) is 37.9 Å². The lowest BCUT2D eigenvalue weighted by Crippen LogP contribution is -2.29. The Balaban J connectivity index is 1.87. The molecule has 1 aliphatic heterocycles. The van der Waals surface area contributed by atoms with Crippen LogP contribution in [0.3, 0.4) is 0 Å². The number of hydrogen-bond acceptors (Lipinski definition) is 4. The summed E-state index contributed by atoms with van der Waals surface area (Å²) in [5, 5.41) is 9.69. The lowest BCUT2D eigenvalue weighted by atomic mass is 10.1. The number of benzene rings is 1. The quantitative estimate of drug-likeness (QED) is 0.547. The van der Waals surface area contributed by atoms with Gasteiger partial charge in [-0.05, 0) is 37.1 Å². The minimum absolute atomic E-state index is 0.244. The predicted molar refractivity (Wildman–Crippen MR) is 126 cm³/mol. The first kappa shape index (κ1) is 21.0. The first-order valence-corrected chi connectivity index (χ1v) is 11.0. The average Bonchev–Trinajstić information content (AvgIpc) is 3.22. The van der Waals surface area contributed by atoms with Crippen molar-refractivity contribution in [2.24, 2.45) is 0 Å². The molecule has 0 unspecified atom stereocenters. The maximum Gasteiger partial charge on any atom is 0.160 e. The molecule has 1 aliphatic rings. The Morgan fingerprint density at radius 2 is 1.39 bits per heavy atom. The molecule has 0 fully saturated rings. The number of aromatic hydroxyl groups is 1. The molecule has 4 heteroatoms. The van der Waals surface area contributed by atoms with Gasteiger partial charge in [0.2, 0.25) is 0 Å². The van der Waals surface area contributed by atoms with Gasteiger partial charge < -0.3 is 5.11 Å². The molecule has 0 saturated heterocycles. The standard InChI is InChI=1S/C27H29N3O/c1-3-22(4-2)30-18-24-25(19-30)28-27(21-14-16-23(31)17-15-21)29-26(24)20-12-10-8-6-5-7-9-11-13-20/h5-17,22,31H,3-4,18-19H2,1-2H3. The third-order valence-electron chi connectivity index (χ3n) is 5.88. The second-order valence-corrected chi connectivity index (χ2v) is 7.88. The van der Waals surface area contributed by atoms with Gasteiger partial charge in [-0.25, -0.2) is 9.97 Å². The van der Waals surface area contributed by atoms with Crippen molar-refractivity contribution in [2.75, 3.05) is 0 Å². The molecular weight excluding hydrogens is 382 g/mol. The zero-order valence-corrected chi connectivity index (χ0v) is 18.2. The Hall–Kier alpha value is -3.24. The second-order valence-electron chi connectivity index (χ2n) is 7.88. The molecule has 158 valence electrons. The minimum atomic E-state index is 0.244. The monoisotopic (exact) mass is 411 g/mol. The van der Waals surface area contributed by atoms with Crippen molar-refractivity contribution in [1.29, 1.82) is 0 Å². The fourth-order valence-corrected chi connectivity index (χ4v) is 4.17. The molecule has 3 aromatic rings. The van der Waals surface area contributed by atoms with Gasteiger partial charge in [0.05, 0.1) is 11.4 Å². The molecule has 0 radical (unpaired) electrons. The van der Waals surface area contributed by atoms with Crippen molar-refractivity contribution in [2.45, 2.75) is 45.8 Å². The molecule has 0 bridgehead atoms. The van der Waals surface area contributed by atoms with Crippen molar-refractivity contribution in [1.82, 2.24) is 14.9 Å². The smallest absolute Gasteiger partial charge is 0.160 e. The van der Waals surface area contributed by atoms with Crippen LogP contribution < -0.4 is 0 Å². The van der Waals surface area contributed by atoms with E-state index in [1.807, 2.05) is 42.5 Å². The SMILES string of the molecule is CCC(CC)N1Cc2nc(-c3ccc(O)cc3)nc(-c3ccccccccc3)c2C1. The topological polar surface area (TPSA) is 49.2 Å². The average molecular weight is 412 g/mol. The van der Waals surface area contributed by atoms with E-state index in [0.29, 0.717) is 11.9 Å². The van der Waals surface area contributed by atoms with Gasteiger partial charge in [0, 0.05) is 35.8 Å². The highest BCUT2D eigenvalue weighted by molar-refractivity contribution is 5.68. The summed E-state index contributed by atoms with van der Waals surface area (Å²) < 4.78 is 0. The van der Waals surface area contributed by atoms with E-state index in [0.717, 1.165) is 48.4 Å². The number of phenols is 1. The molecule has 0 atom stereocenters. The highest BCUT2D eigenvalue weighted by Gasteiger charge is 2.29. The number of aromatic nitrogens is 2. The third kappa shape index (κ3) is 4.75. The summed E-state index contributed by atoms with van der Waals surface area (Å²) in [4.78, 5) is 12.5. The Kier molecular flexibility index (Phi) is 6.58. The van der Waals surface area contributed by atoms with E-state index in [4.69, 9.17) is 9.97 Å². The molecule has 1 N–H and O–H groups in total. The molecular formula is C27H29N3O. The van der Waals surface area contributed by atoms with Crippen LogP contribution in [0, 0.1) is 0 Å². The Morgan fingerprint density at radius 1 is 0.774 bits per heavy atom. The summed E-state index contributed by atoms with van der Waals surface area (Å²) in [5.41, 5.74) is 5.29. The third-order valence-corrected chi connectivity index (χ3v) is 5.88.